The molecule has 1 atom stereocenters. The van der Waals surface area contributed by atoms with Crippen LogP contribution in [0.15, 0.2) is 60.9 Å². The smallest absolute Gasteiger partial charge is 0.163 e. The summed E-state index contributed by atoms with van der Waals surface area (Å²) < 4.78 is 15.1. The second-order valence-corrected chi connectivity index (χ2v) is 6.31. The van der Waals surface area contributed by atoms with Gasteiger partial charge >= 0.3 is 0 Å². The van der Waals surface area contributed by atoms with E-state index in [9.17, 15) is 4.39 Å². The largest absolute Gasteiger partial charge is 0.383 e. The first-order valence-electron chi connectivity index (χ1n) is 8.41. The SMILES string of the molecule is CC(Cn1nc(-c2ccc(F)cc2)c2c(N)ncnc21)c1ccccc1. The van der Waals surface area contributed by atoms with Crippen molar-refractivity contribution in [2.75, 3.05) is 5.73 Å². The topological polar surface area (TPSA) is 69.6 Å². The molecule has 0 amide bonds. The lowest BCUT2D eigenvalue weighted by Gasteiger charge is -2.12. The summed E-state index contributed by atoms with van der Waals surface area (Å²) in [7, 11) is 0. The monoisotopic (exact) mass is 347 g/mol. The van der Waals surface area contributed by atoms with Crippen LogP contribution in [0.1, 0.15) is 18.4 Å². The predicted octanol–water partition coefficient (Wildman–Crippen LogP) is 4.02. The molecule has 26 heavy (non-hydrogen) atoms. The minimum Gasteiger partial charge on any atom is -0.383 e. The molecule has 0 aliphatic heterocycles. The molecule has 0 radical (unpaired) electrons. The second-order valence-electron chi connectivity index (χ2n) is 6.31. The van der Waals surface area contributed by atoms with Crippen molar-refractivity contribution in [2.45, 2.75) is 19.4 Å². The average molecular weight is 347 g/mol. The highest BCUT2D eigenvalue weighted by Crippen LogP contribution is 2.31. The zero-order valence-electron chi connectivity index (χ0n) is 14.3. The number of nitrogens with two attached hydrogens (primary N) is 1. The molecule has 0 bridgehead atoms. The van der Waals surface area contributed by atoms with E-state index in [1.54, 1.807) is 12.1 Å². The lowest BCUT2D eigenvalue weighted by Crippen LogP contribution is -2.08. The van der Waals surface area contributed by atoms with Crippen LogP contribution in [0, 0.1) is 5.82 Å². The Morgan fingerprint density at radius 1 is 1.04 bits per heavy atom. The van der Waals surface area contributed by atoms with Gasteiger partial charge in [0.1, 0.15) is 23.7 Å². The number of benzene rings is 2. The zero-order valence-corrected chi connectivity index (χ0v) is 14.3. The normalized spacial score (nSPS) is 12.4. The van der Waals surface area contributed by atoms with Gasteiger partial charge in [0.25, 0.3) is 0 Å². The van der Waals surface area contributed by atoms with Gasteiger partial charge in [-0.25, -0.2) is 19.0 Å². The van der Waals surface area contributed by atoms with Gasteiger partial charge in [0.05, 0.1) is 5.39 Å². The summed E-state index contributed by atoms with van der Waals surface area (Å²) in [5.41, 5.74) is 9.45. The minimum absolute atomic E-state index is 0.247. The number of nitrogen functional groups attached to an aromatic ring is 1. The van der Waals surface area contributed by atoms with Crippen molar-refractivity contribution in [1.29, 1.82) is 0 Å². The van der Waals surface area contributed by atoms with Crippen LogP contribution in [0.2, 0.25) is 0 Å². The highest BCUT2D eigenvalue weighted by atomic mass is 19.1. The van der Waals surface area contributed by atoms with E-state index >= 15 is 0 Å². The Kier molecular flexibility index (Phi) is 4.08. The number of rotatable bonds is 4. The van der Waals surface area contributed by atoms with Crippen molar-refractivity contribution in [2.24, 2.45) is 0 Å². The van der Waals surface area contributed by atoms with Gasteiger partial charge in [-0.3, -0.25) is 0 Å². The molecule has 2 N–H and O–H groups in total. The van der Waals surface area contributed by atoms with E-state index in [0.29, 0.717) is 29.1 Å². The summed E-state index contributed by atoms with van der Waals surface area (Å²) in [4.78, 5) is 8.49. The van der Waals surface area contributed by atoms with Crippen LogP contribution in [0.5, 0.6) is 0 Å². The highest BCUT2D eigenvalue weighted by molar-refractivity contribution is 5.98. The molecular weight excluding hydrogens is 329 g/mol. The molecule has 5 nitrogen and oxygen atoms in total. The lowest BCUT2D eigenvalue weighted by atomic mass is 10.0. The maximum Gasteiger partial charge on any atom is 0.163 e. The molecule has 0 saturated heterocycles. The summed E-state index contributed by atoms with van der Waals surface area (Å²) in [5, 5.41) is 5.42. The molecule has 0 aliphatic carbocycles. The third-order valence-corrected chi connectivity index (χ3v) is 4.49. The Hall–Kier alpha value is -3.28. The summed E-state index contributed by atoms with van der Waals surface area (Å²) >= 11 is 0. The van der Waals surface area contributed by atoms with Gasteiger partial charge in [-0.05, 0) is 29.8 Å². The van der Waals surface area contributed by atoms with Gasteiger partial charge in [-0.2, -0.15) is 5.10 Å². The molecular formula is C20H18FN5. The maximum absolute atomic E-state index is 13.3. The first kappa shape index (κ1) is 16.2. The summed E-state index contributed by atoms with van der Waals surface area (Å²) in [6.07, 6.45) is 1.44. The van der Waals surface area contributed by atoms with Crippen LogP contribution in [0.25, 0.3) is 22.3 Å². The van der Waals surface area contributed by atoms with E-state index in [4.69, 9.17) is 10.8 Å². The molecule has 130 valence electrons. The van der Waals surface area contributed by atoms with Crippen LogP contribution in [-0.4, -0.2) is 19.7 Å². The molecule has 1 unspecified atom stereocenters. The maximum atomic E-state index is 13.3. The Balaban J connectivity index is 1.81. The molecule has 4 rings (SSSR count). The fraction of sp³-hybridized carbons (Fsp3) is 0.150. The zero-order chi connectivity index (χ0) is 18.1. The number of anilines is 1. The molecule has 0 saturated carbocycles. The molecule has 0 spiro atoms. The van der Waals surface area contributed by atoms with Crippen molar-refractivity contribution >= 4 is 16.9 Å². The van der Waals surface area contributed by atoms with Crippen molar-refractivity contribution in [3.05, 3.63) is 72.3 Å². The lowest BCUT2D eigenvalue weighted by molar-refractivity contribution is 0.556. The first-order chi connectivity index (χ1) is 12.6. The fourth-order valence-corrected chi connectivity index (χ4v) is 3.11. The molecule has 2 aromatic heterocycles. The number of hydrogen-bond acceptors (Lipinski definition) is 4. The molecule has 4 aromatic rings. The molecule has 2 heterocycles. The van der Waals surface area contributed by atoms with Gasteiger partial charge in [0.15, 0.2) is 5.65 Å². The average Bonchev–Trinajstić information content (AvgIpc) is 3.03. The second kappa shape index (κ2) is 6.55. The van der Waals surface area contributed by atoms with Gasteiger partial charge in [-0.1, -0.05) is 37.3 Å². The summed E-state index contributed by atoms with van der Waals surface area (Å²) in [5.74, 6) is 0.323. The van der Waals surface area contributed by atoms with E-state index in [1.165, 1.54) is 24.0 Å². The number of nitrogens with zero attached hydrogens (tertiary/aromatic N) is 4. The van der Waals surface area contributed by atoms with Crippen LogP contribution >= 0.6 is 0 Å². The Bertz CT molecular complexity index is 1040. The van der Waals surface area contributed by atoms with Crippen LogP contribution in [0.3, 0.4) is 0 Å². The van der Waals surface area contributed by atoms with Crippen LogP contribution < -0.4 is 5.73 Å². The van der Waals surface area contributed by atoms with E-state index in [0.717, 1.165) is 5.56 Å². The Morgan fingerprint density at radius 3 is 2.50 bits per heavy atom. The third kappa shape index (κ3) is 2.90. The van der Waals surface area contributed by atoms with Gasteiger partial charge in [-0.15, -0.1) is 0 Å². The molecule has 0 aliphatic rings. The Labute approximate surface area is 150 Å². The number of hydrogen-bond donors (Lipinski definition) is 1. The fourth-order valence-electron chi connectivity index (χ4n) is 3.11. The number of halogens is 1. The highest BCUT2D eigenvalue weighted by Gasteiger charge is 2.18. The standard InChI is InChI=1S/C20H18FN5/c1-13(14-5-3-2-4-6-14)11-26-20-17(19(22)23-12-24-20)18(25-26)15-7-9-16(21)10-8-15/h2-10,12-13H,11H2,1H3,(H2,22,23,24). The van der Waals surface area contributed by atoms with Gasteiger partial charge in [0.2, 0.25) is 0 Å². The third-order valence-electron chi connectivity index (χ3n) is 4.49. The van der Waals surface area contributed by atoms with Crippen molar-refractivity contribution in [3.8, 4) is 11.3 Å². The van der Waals surface area contributed by atoms with E-state index in [1.807, 2.05) is 22.9 Å². The number of fused-ring (bicyclic) bond motifs is 1. The van der Waals surface area contributed by atoms with Crippen LogP contribution in [-0.2, 0) is 6.54 Å². The molecule has 0 fully saturated rings. The van der Waals surface area contributed by atoms with Crippen molar-refractivity contribution < 1.29 is 4.39 Å². The first-order valence-corrected chi connectivity index (χ1v) is 8.41. The predicted molar refractivity (Wildman–Crippen MR) is 100.0 cm³/mol. The Morgan fingerprint density at radius 2 is 1.77 bits per heavy atom. The van der Waals surface area contributed by atoms with Crippen molar-refractivity contribution in [3.63, 3.8) is 0 Å². The molecule has 6 heteroatoms. The van der Waals surface area contributed by atoms with E-state index in [2.05, 4.69) is 29.0 Å². The van der Waals surface area contributed by atoms with E-state index in [-0.39, 0.29) is 11.7 Å². The van der Waals surface area contributed by atoms with Crippen molar-refractivity contribution in [1.82, 2.24) is 19.7 Å². The number of aromatic nitrogens is 4. The quantitative estimate of drug-likeness (QED) is 0.605. The molecule has 2 aromatic carbocycles. The summed E-state index contributed by atoms with van der Waals surface area (Å²) in [6, 6.07) is 16.4. The minimum atomic E-state index is -0.292. The summed E-state index contributed by atoms with van der Waals surface area (Å²) in [6.45, 7) is 2.79. The van der Waals surface area contributed by atoms with Gasteiger partial charge < -0.3 is 5.73 Å². The van der Waals surface area contributed by atoms with Gasteiger partial charge in [0, 0.05) is 18.0 Å². The van der Waals surface area contributed by atoms with E-state index < -0.39 is 0 Å². The van der Waals surface area contributed by atoms with Crippen LogP contribution in [0.4, 0.5) is 10.2 Å².